The van der Waals surface area contributed by atoms with Crippen LogP contribution in [0.3, 0.4) is 0 Å². The van der Waals surface area contributed by atoms with Crippen molar-refractivity contribution in [3.63, 3.8) is 0 Å². The zero-order chi connectivity index (χ0) is 26.8. The van der Waals surface area contributed by atoms with Crippen LogP contribution in [0, 0.1) is 13.8 Å². The van der Waals surface area contributed by atoms with E-state index in [1.165, 1.54) is 0 Å². The number of nitrogens with one attached hydrogen (secondary N) is 2. The molecule has 2 aromatic carbocycles. The second kappa shape index (κ2) is 10.7. The van der Waals surface area contributed by atoms with Crippen LogP contribution in [0.2, 0.25) is 0 Å². The van der Waals surface area contributed by atoms with Gasteiger partial charge in [0.2, 0.25) is 5.91 Å². The number of methoxy groups -OCH3 is 1. The van der Waals surface area contributed by atoms with Gasteiger partial charge in [0.1, 0.15) is 11.8 Å². The first-order chi connectivity index (χ1) is 18.4. The highest BCUT2D eigenvalue weighted by atomic mass is 32.1. The minimum absolute atomic E-state index is 0.0138. The van der Waals surface area contributed by atoms with E-state index in [0.29, 0.717) is 11.5 Å². The summed E-state index contributed by atoms with van der Waals surface area (Å²) in [5.74, 6) is 0.794. The lowest BCUT2D eigenvalue weighted by Gasteiger charge is -2.30. The third-order valence-electron chi connectivity index (χ3n) is 6.92. The van der Waals surface area contributed by atoms with Gasteiger partial charge in [-0.1, -0.05) is 13.0 Å². The lowest BCUT2D eigenvalue weighted by atomic mass is 10.00. The Bertz CT molecular complexity index is 1470. The van der Waals surface area contributed by atoms with E-state index in [4.69, 9.17) is 17.0 Å². The Labute approximate surface area is 228 Å². The summed E-state index contributed by atoms with van der Waals surface area (Å²) in [6, 6.07) is 24.0. The lowest BCUT2D eigenvalue weighted by molar-refractivity contribution is -0.115. The number of ether oxygens (including phenoxy) is 1. The Morgan fingerprint density at radius 2 is 1.82 bits per heavy atom. The molecule has 0 bridgehead atoms. The number of pyridine rings is 1. The molecule has 0 aliphatic carbocycles. The smallest absolute Gasteiger partial charge is 0.224 e. The second-order valence-corrected chi connectivity index (χ2v) is 9.72. The van der Waals surface area contributed by atoms with Gasteiger partial charge in [-0.2, -0.15) is 0 Å². The van der Waals surface area contributed by atoms with Gasteiger partial charge in [0.05, 0.1) is 18.8 Å². The SMILES string of the molecule is CCC(=O)Nc1ccc(N2C(=S)N[C@@H](c3ccccn3)[C@@H]2c2ccc(C)n2-c2ccc(OC)cc2)cc1C. The van der Waals surface area contributed by atoms with Crippen molar-refractivity contribution in [2.24, 2.45) is 0 Å². The van der Waals surface area contributed by atoms with E-state index in [9.17, 15) is 4.79 Å². The van der Waals surface area contributed by atoms with E-state index in [-0.39, 0.29) is 18.0 Å². The highest BCUT2D eigenvalue weighted by molar-refractivity contribution is 7.80. The third kappa shape index (κ3) is 4.75. The van der Waals surface area contributed by atoms with Crippen molar-refractivity contribution in [3.05, 3.63) is 102 Å². The van der Waals surface area contributed by atoms with Gasteiger partial charge in [0.25, 0.3) is 0 Å². The highest BCUT2D eigenvalue weighted by Crippen LogP contribution is 2.43. The van der Waals surface area contributed by atoms with Crippen molar-refractivity contribution in [1.82, 2.24) is 14.9 Å². The number of amides is 1. The van der Waals surface area contributed by atoms with Crippen molar-refractivity contribution >= 4 is 34.6 Å². The summed E-state index contributed by atoms with van der Waals surface area (Å²) in [6.07, 6.45) is 2.24. The van der Waals surface area contributed by atoms with Crippen LogP contribution in [-0.2, 0) is 4.79 Å². The van der Waals surface area contributed by atoms with Crippen LogP contribution in [0.15, 0.2) is 79.0 Å². The molecular formula is C30H31N5O2S. The van der Waals surface area contributed by atoms with Gasteiger partial charge in [-0.25, -0.2) is 0 Å². The lowest BCUT2D eigenvalue weighted by Crippen LogP contribution is -2.30. The molecular weight excluding hydrogens is 494 g/mol. The number of benzene rings is 2. The van der Waals surface area contributed by atoms with Crippen LogP contribution >= 0.6 is 12.2 Å². The van der Waals surface area contributed by atoms with Gasteiger partial charge in [0, 0.05) is 41.1 Å². The molecule has 1 saturated heterocycles. The molecule has 2 atom stereocenters. The maximum Gasteiger partial charge on any atom is 0.224 e. The highest BCUT2D eigenvalue weighted by Gasteiger charge is 2.42. The maximum absolute atomic E-state index is 12.0. The number of thiocarbonyl (C=S) groups is 1. The second-order valence-electron chi connectivity index (χ2n) is 9.33. The quantitative estimate of drug-likeness (QED) is 0.288. The molecule has 1 fully saturated rings. The number of hydrogen-bond acceptors (Lipinski definition) is 4. The molecule has 1 amide bonds. The minimum Gasteiger partial charge on any atom is -0.497 e. The number of anilines is 2. The maximum atomic E-state index is 12.0. The summed E-state index contributed by atoms with van der Waals surface area (Å²) >= 11 is 5.93. The number of carbonyl (C=O) groups is 1. The topological polar surface area (TPSA) is 71.4 Å². The van der Waals surface area contributed by atoms with Crippen LogP contribution in [0.5, 0.6) is 5.75 Å². The summed E-state index contributed by atoms with van der Waals surface area (Å²) in [5.41, 5.74) is 6.84. The number of nitrogens with zero attached hydrogens (tertiary/aromatic N) is 3. The summed E-state index contributed by atoms with van der Waals surface area (Å²) in [7, 11) is 1.67. The van der Waals surface area contributed by atoms with Crippen molar-refractivity contribution in [2.45, 2.75) is 39.3 Å². The molecule has 5 rings (SSSR count). The fraction of sp³-hybridized carbons (Fsp3) is 0.233. The Balaban J connectivity index is 1.63. The molecule has 1 aliphatic heterocycles. The van der Waals surface area contributed by atoms with Gasteiger partial charge in [-0.3, -0.25) is 9.78 Å². The molecule has 0 unspecified atom stereocenters. The van der Waals surface area contributed by atoms with Gasteiger partial charge in [-0.15, -0.1) is 0 Å². The minimum atomic E-state index is -0.177. The molecule has 8 heteroatoms. The summed E-state index contributed by atoms with van der Waals surface area (Å²) in [5, 5.41) is 7.14. The zero-order valence-corrected chi connectivity index (χ0v) is 22.8. The third-order valence-corrected chi connectivity index (χ3v) is 7.24. The van der Waals surface area contributed by atoms with Crippen molar-refractivity contribution in [1.29, 1.82) is 0 Å². The fourth-order valence-electron chi connectivity index (χ4n) is 4.98. The number of aryl methyl sites for hydroxylation is 2. The van der Waals surface area contributed by atoms with E-state index in [1.54, 1.807) is 7.11 Å². The van der Waals surface area contributed by atoms with Gasteiger partial charge >= 0.3 is 0 Å². The molecule has 2 aromatic heterocycles. The average molecular weight is 526 g/mol. The van der Waals surface area contributed by atoms with E-state index < -0.39 is 0 Å². The molecule has 38 heavy (non-hydrogen) atoms. The molecule has 0 radical (unpaired) electrons. The summed E-state index contributed by atoms with van der Waals surface area (Å²) in [6.45, 7) is 5.94. The predicted molar refractivity (Wildman–Crippen MR) is 155 cm³/mol. The van der Waals surface area contributed by atoms with E-state index in [2.05, 4.69) is 62.3 Å². The van der Waals surface area contributed by atoms with Crippen LogP contribution < -0.4 is 20.3 Å². The Kier molecular flexibility index (Phi) is 7.15. The molecule has 7 nitrogen and oxygen atoms in total. The van der Waals surface area contributed by atoms with Gasteiger partial charge in [0.15, 0.2) is 5.11 Å². The van der Waals surface area contributed by atoms with Crippen molar-refractivity contribution in [3.8, 4) is 11.4 Å². The van der Waals surface area contributed by atoms with Crippen molar-refractivity contribution < 1.29 is 9.53 Å². The van der Waals surface area contributed by atoms with Crippen LogP contribution in [0.4, 0.5) is 11.4 Å². The van der Waals surface area contributed by atoms with Crippen molar-refractivity contribution in [2.75, 3.05) is 17.3 Å². The molecule has 1 aliphatic rings. The standard InChI is InChI=1S/C30H31N5O2S/c1-5-27(36)32-24-15-12-22(18-19(24)2)35-29(28(33-30(35)38)25-8-6-7-17-31-25)26-16-9-20(3)34(26)21-10-13-23(37-4)14-11-21/h6-18,28-29H,5H2,1-4H3,(H,32,36)(H,33,38)/t28-,29-/m0/s1. The predicted octanol–water partition coefficient (Wildman–Crippen LogP) is 6.02. The Morgan fingerprint density at radius 1 is 1.05 bits per heavy atom. The first-order valence-electron chi connectivity index (χ1n) is 12.6. The van der Waals surface area contributed by atoms with Gasteiger partial charge < -0.3 is 24.8 Å². The largest absolute Gasteiger partial charge is 0.497 e. The first kappa shape index (κ1) is 25.5. The van der Waals surface area contributed by atoms with Crippen LogP contribution in [0.1, 0.15) is 48.1 Å². The Hall–Kier alpha value is -4.17. The van der Waals surface area contributed by atoms with Gasteiger partial charge in [-0.05, 0) is 98.4 Å². The van der Waals surface area contributed by atoms with Crippen LogP contribution in [-0.4, -0.2) is 27.7 Å². The normalized spacial score (nSPS) is 16.8. The molecule has 3 heterocycles. The molecule has 0 saturated carbocycles. The van der Waals surface area contributed by atoms with E-state index in [1.807, 2.05) is 62.5 Å². The summed E-state index contributed by atoms with van der Waals surface area (Å²) in [4.78, 5) is 18.8. The molecule has 194 valence electrons. The number of hydrogen-bond donors (Lipinski definition) is 2. The number of rotatable bonds is 7. The zero-order valence-electron chi connectivity index (χ0n) is 21.9. The molecule has 0 spiro atoms. The molecule has 2 N–H and O–H groups in total. The van der Waals surface area contributed by atoms with E-state index in [0.717, 1.165) is 45.5 Å². The monoisotopic (exact) mass is 525 g/mol. The fourth-order valence-corrected chi connectivity index (χ4v) is 5.33. The Morgan fingerprint density at radius 3 is 2.47 bits per heavy atom. The average Bonchev–Trinajstić information content (AvgIpc) is 3.49. The summed E-state index contributed by atoms with van der Waals surface area (Å²) < 4.78 is 7.64. The first-order valence-corrected chi connectivity index (χ1v) is 13.1. The van der Waals surface area contributed by atoms with E-state index >= 15 is 0 Å². The van der Waals surface area contributed by atoms with Crippen LogP contribution in [0.25, 0.3) is 5.69 Å². The number of carbonyl (C=O) groups excluding carboxylic acids is 1. The number of aromatic nitrogens is 2. The molecule has 4 aromatic rings.